The van der Waals surface area contributed by atoms with Crippen LogP contribution in [0.5, 0.6) is 5.75 Å². The summed E-state index contributed by atoms with van der Waals surface area (Å²) in [5, 5.41) is 6.51. The van der Waals surface area contributed by atoms with E-state index in [9.17, 15) is 18.0 Å². The molecule has 1 unspecified atom stereocenters. The Kier molecular flexibility index (Phi) is 4.89. The molecule has 0 aromatic heterocycles. The van der Waals surface area contributed by atoms with Crippen molar-refractivity contribution >= 4 is 17.7 Å². The van der Waals surface area contributed by atoms with E-state index in [0.717, 1.165) is 0 Å². The van der Waals surface area contributed by atoms with E-state index in [1.54, 1.807) is 12.1 Å². The number of carbonyl (C=O) groups is 1. The van der Waals surface area contributed by atoms with Crippen LogP contribution in [0.15, 0.2) is 29.2 Å². The SMILES string of the molecule is COc1ccccc1SC(CC(=O)O)C(F)(F)F. The number of thioether (sulfide) groups is 1. The highest BCUT2D eigenvalue weighted by Gasteiger charge is 2.42. The molecule has 0 spiro atoms. The third kappa shape index (κ3) is 4.14. The molecule has 0 heterocycles. The Hall–Kier alpha value is -1.37. The zero-order valence-corrected chi connectivity index (χ0v) is 10.2. The van der Waals surface area contributed by atoms with Crippen LogP contribution >= 0.6 is 11.8 Å². The Bertz CT molecular complexity index is 420. The number of methoxy groups -OCH3 is 1. The van der Waals surface area contributed by atoms with Gasteiger partial charge >= 0.3 is 12.1 Å². The zero-order chi connectivity index (χ0) is 13.8. The topological polar surface area (TPSA) is 46.5 Å². The third-order valence-corrected chi connectivity index (χ3v) is 3.37. The molecule has 100 valence electrons. The quantitative estimate of drug-likeness (QED) is 0.841. The number of alkyl halides is 3. The van der Waals surface area contributed by atoms with Crippen molar-refractivity contribution in [2.24, 2.45) is 0 Å². The minimum atomic E-state index is -4.58. The lowest BCUT2D eigenvalue weighted by Crippen LogP contribution is -2.28. The van der Waals surface area contributed by atoms with E-state index in [2.05, 4.69) is 0 Å². The number of benzene rings is 1. The average Bonchev–Trinajstić information content (AvgIpc) is 2.27. The second-order valence-electron chi connectivity index (χ2n) is 3.40. The first-order chi connectivity index (χ1) is 8.34. The van der Waals surface area contributed by atoms with Gasteiger partial charge < -0.3 is 9.84 Å². The van der Waals surface area contributed by atoms with Crippen LogP contribution in [0, 0.1) is 0 Å². The molecule has 0 fully saturated rings. The first kappa shape index (κ1) is 14.7. The summed E-state index contributed by atoms with van der Waals surface area (Å²) in [6.07, 6.45) is -5.56. The number of ether oxygens (including phenoxy) is 1. The molecule has 0 aliphatic heterocycles. The fourth-order valence-corrected chi connectivity index (χ4v) is 2.34. The summed E-state index contributed by atoms with van der Waals surface area (Å²) in [7, 11) is 1.35. The standard InChI is InChI=1S/C11H11F3O3S/c1-17-7-4-2-3-5-8(7)18-9(6-10(15)16)11(12,13)14/h2-5,9H,6H2,1H3,(H,15,16). The van der Waals surface area contributed by atoms with Gasteiger partial charge in [0, 0.05) is 4.90 Å². The van der Waals surface area contributed by atoms with E-state index in [1.165, 1.54) is 19.2 Å². The van der Waals surface area contributed by atoms with Gasteiger partial charge in [-0.25, -0.2) is 0 Å². The average molecular weight is 280 g/mol. The fourth-order valence-electron chi connectivity index (χ4n) is 1.25. The van der Waals surface area contributed by atoms with E-state index in [4.69, 9.17) is 9.84 Å². The first-order valence-corrected chi connectivity index (χ1v) is 5.80. The van der Waals surface area contributed by atoms with Gasteiger partial charge in [0.25, 0.3) is 0 Å². The summed E-state index contributed by atoms with van der Waals surface area (Å²) >= 11 is 0.444. The van der Waals surface area contributed by atoms with Crippen molar-refractivity contribution in [2.75, 3.05) is 7.11 Å². The number of aliphatic carboxylic acids is 1. The van der Waals surface area contributed by atoms with E-state index >= 15 is 0 Å². The molecule has 0 saturated carbocycles. The van der Waals surface area contributed by atoms with E-state index in [-0.39, 0.29) is 4.90 Å². The Morgan fingerprint density at radius 3 is 2.56 bits per heavy atom. The number of carboxylic acid groups (broad SMARTS) is 1. The number of carboxylic acids is 1. The fraction of sp³-hybridized carbons (Fsp3) is 0.364. The van der Waals surface area contributed by atoms with Crippen LogP contribution < -0.4 is 4.74 Å². The molecule has 7 heteroatoms. The maximum Gasteiger partial charge on any atom is 0.401 e. The van der Waals surface area contributed by atoms with Crippen LogP contribution in [-0.2, 0) is 4.79 Å². The predicted octanol–water partition coefficient (Wildman–Crippen LogP) is 3.19. The molecule has 0 saturated heterocycles. The van der Waals surface area contributed by atoms with Gasteiger partial charge in [-0.05, 0) is 12.1 Å². The Morgan fingerprint density at radius 1 is 1.44 bits per heavy atom. The minimum Gasteiger partial charge on any atom is -0.496 e. The number of hydrogen-bond donors (Lipinski definition) is 1. The van der Waals surface area contributed by atoms with Crippen molar-refractivity contribution in [1.29, 1.82) is 0 Å². The summed E-state index contributed by atoms with van der Waals surface area (Å²) in [4.78, 5) is 10.7. The van der Waals surface area contributed by atoms with Gasteiger partial charge in [-0.15, -0.1) is 11.8 Å². The van der Waals surface area contributed by atoms with Crippen LogP contribution in [0.1, 0.15) is 6.42 Å². The highest BCUT2D eigenvalue weighted by molar-refractivity contribution is 8.00. The molecule has 0 amide bonds. The normalized spacial score (nSPS) is 13.1. The van der Waals surface area contributed by atoms with E-state index in [1.807, 2.05) is 0 Å². The van der Waals surface area contributed by atoms with Gasteiger partial charge in [0.05, 0.1) is 13.5 Å². The number of halogens is 3. The molecular formula is C11H11F3O3S. The Balaban J connectivity index is 2.92. The second-order valence-corrected chi connectivity index (χ2v) is 4.64. The molecule has 1 aromatic rings. The summed E-state index contributed by atoms with van der Waals surface area (Å²) < 4.78 is 43.0. The van der Waals surface area contributed by atoms with Crippen molar-refractivity contribution in [3.63, 3.8) is 0 Å². The molecule has 1 N–H and O–H groups in total. The number of rotatable bonds is 5. The van der Waals surface area contributed by atoms with Gasteiger partial charge in [-0.1, -0.05) is 12.1 Å². The van der Waals surface area contributed by atoms with Crippen LogP contribution in [0.3, 0.4) is 0 Å². The Labute approximate surface area is 106 Å². The molecule has 1 atom stereocenters. The molecule has 0 aliphatic carbocycles. The lowest BCUT2D eigenvalue weighted by atomic mass is 10.3. The number of para-hydroxylation sites is 1. The van der Waals surface area contributed by atoms with Crippen LogP contribution in [0.25, 0.3) is 0 Å². The van der Waals surface area contributed by atoms with Crippen molar-refractivity contribution in [1.82, 2.24) is 0 Å². The monoisotopic (exact) mass is 280 g/mol. The largest absolute Gasteiger partial charge is 0.496 e. The summed E-state index contributed by atoms with van der Waals surface area (Å²) in [5.41, 5.74) is 0. The van der Waals surface area contributed by atoms with Gasteiger partial charge in [-0.2, -0.15) is 13.2 Å². The smallest absolute Gasteiger partial charge is 0.401 e. The van der Waals surface area contributed by atoms with Crippen molar-refractivity contribution < 1.29 is 27.8 Å². The van der Waals surface area contributed by atoms with Gasteiger partial charge in [0.15, 0.2) is 0 Å². The predicted molar refractivity (Wildman–Crippen MR) is 60.9 cm³/mol. The van der Waals surface area contributed by atoms with Gasteiger partial charge in [-0.3, -0.25) is 4.79 Å². The second kappa shape index (κ2) is 5.99. The van der Waals surface area contributed by atoms with Gasteiger partial charge in [0.2, 0.25) is 0 Å². The third-order valence-electron chi connectivity index (χ3n) is 2.06. The molecule has 0 bridgehead atoms. The zero-order valence-electron chi connectivity index (χ0n) is 9.40. The van der Waals surface area contributed by atoms with Gasteiger partial charge in [0.1, 0.15) is 11.0 Å². The maximum atomic E-state index is 12.7. The highest BCUT2D eigenvalue weighted by atomic mass is 32.2. The summed E-state index contributed by atoms with van der Waals surface area (Å²) in [6.45, 7) is 0. The molecule has 0 radical (unpaired) electrons. The minimum absolute atomic E-state index is 0.267. The number of hydrogen-bond acceptors (Lipinski definition) is 3. The summed E-state index contributed by atoms with van der Waals surface area (Å²) in [6, 6.07) is 6.18. The molecule has 1 aromatic carbocycles. The van der Waals surface area contributed by atoms with Crippen LogP contribution in [0.4, 0.5) is 13.2 Å². The lowest BCUT2D eigenvalue weighted by Gasteiger charge is -2.19. The summed E-state index contributed by atoms with van der Waals surface area (Å²) in [5.74, 6) is -1.19. The highest BCUT2D eigenvalue weighted by Crippen LogP contribution is 2.40. The van der Waals surface area contributed by atoms with Crippen LogP contribution in [0.2, 0.25) is 0 Å². The lowest BCUT2D eigenvalue weighted by molar-refractivity contribution is -0.149. The van der Waals surface area contributed by atoms with Crippen molar-refractivity contribution in [2.45, 2.75) is 22.7 Å². The Morgan fingerprint density at radius 2 is 2.06 bits per heavy atom. The molecule has 3 nitrogen and oxygen atoms in total. The van der Waals surface area contributed by atoms with Crippen molar-refractivity contribution in [3.05, 3.63) is 24.3 Å². The molecule has 0 aliphatic rings. The molecule has 1 rings (SSSR count). The van der Waals surface area contributed by atoms with E-state index < -0.39 is 23.8 Å². The van der Waals surface area contributed by atoms with E-state index in [0.29, 0.717) is 17.5 Å². The van der Waals surface area contributed by atoms with Crippen LogP contribution in [-0.4, -0.2) is 29.6 Å². The molecule has 18 heavy (non-hydrogen) atoms. The molecular weight excluding hydrogens is 269 g/mol. The van der Waals surface area contributed by atoms with Crippen molar-refractivity contribution in [3.8, 4) is 5.75 Å². The first-order valence-electron chi connectivity index (χ1n) is 4.92. The maximum absolute atomic E-state index is 12.7.